The van der Waals surface area contributed by atoms with Crippen LogP contribution in [0.25, 0.3) is 11.1 Å². The molecule has 0 spiro atoms. The number of nitrogens with zero attached hydrogens (tertiary/aromatic N) is 2. The van der Waals surface area contributed by atoms with E-state index >= 15 is 0 Å². The van der Waals surface area contributed by atoms with Crippen LogP contribution in [0.5, 0.6) is 0 Å². The van der Waals surface area contributed by atoms with Gasteiger partial charge in [-0.1, -0.05) is 54.6 Å². The molecule has 0 aliphatic heterocycles. The zero-order valence-corrected chi connectivity index (χ0v) is 14.7. The number of rotatable bonds is 5. The van der Waals surface area contributed by atoms with Crippen LogP contribution in [-0.4, -0.2) is 11.8 Å². The molecular weight excluding hydrogens is 324 g/mol. The van der Waals surface area contributed by atoms with E-state index in [1.165, 1.54) is 16.0 Å². The predicted octanol–water partition coefficient (Wildman–Crippen LogP) is 5.48. The highest BCUT2D eigenvalue weighted by atomic mass is 32.1. The maximum atomic E-state index is 9.59. The number of thiophene rings is 1. The predicted molar refractivity (Wildman–Crippen MR) is 104 cm³/mol. The van der Waals surface area contributed by atoms with Crippen molar-refractivity contribution in [2.75, 3.05) is 0 Å². The summed E-state index contributed by atoms with van der Waals surface area (Å²) >= 11 is 1.78. The van der Waals surface area contributed by atoms with Gasteiger partial charge in [0.05, 0.1) is 11.8 Å². The van der Waals surface area contributed by atoms with E-state index in [0.29, 0.717) is 0 Å². The van der Waals surface area contributed by atoms with Crippen molar-refractivity contribution in [3.63, 3.8) is 0 Å². The summed E-state index contributed by atoms with van der Waals surface area (Å²) in [7, 11) is 0. The topological polar surface area (TPSA) is 36.1 Å². The summed E-state index contributed by atoms with van der Waals surface area (Å²) in [6, 6.07) is 23.0. The fourth-order valence-corrected chi connectivity index (χ4v) is 4.12. The molecule has 2 aromatic carbocycles. The van der Waals surface area contributed by atoms with E-state index in [-0.39, 0.29) is 6.04 Å². The highest BCUT2D eigenvalue weighted by molar-refractivity contribution is 7.09. The van der Waals surface area contributed by atoms with Gasteiger partial charge in [-0.05, 0) is 41.8 Å². The quantitative estimate of drug-likeness (QED) is 0.473. The Bertz CT molecular complexity index is 901. The van der Waals surface area contributed by atoms with Crippen LogP contribution in [0, 0.1) is 11.3 Å². The Morgan fingerprint density at radius 3 is 2.08 bits per heavy atom. The van der Waals surface area contributed by atoms with E-state index in [9.17, 15) is 5.26 Å². The minimum absolute atomic E-state index is 0.297. The van der Waals surface area contributed by atoms with Crippen LogP contribution in [0.2, 0.25) is 0 Å². The Balaban J connectivity index is 1.60. The van der Waals surface area contributed by atoms with Crippen molar-refractivity contribution in [1.29, 1.82) is 5.26 Å². The van der Waals surface area contributed by atoms with Gasteiger partial charge in [-0.2, -0.15) is 5.26 Å². The first-order valence-corrected chi connectivity index (χ1v) is 9.44. The highest BCUT2D eigenvalue weighted by Gasteiger charge is 2.24. The van der Waals surface area contributed by atoms with Gasteiger partial charge >= 0.3 is 0 Å². The van der Waals surface area contributed by atoms with E-state index in [1.807, 2.05) is 12.1 Å². The van der Waals surface area contributed by atoms with E-state index < -0.39 is 0 Å². The summed E-state index contributed by atoms with van der Waals surface area (Å²) < 4.78 is 0. The van der Waals surface area contributed by atoms with Crippen LogP contribution in [0.3, 0.4) is 0 Å². The molecule has 122 valence electrons. The molecule has 1 aromatic heterocycles. The summed E-state index contributed by atoms with van der Waals surface area (Å²) in [4.78, 5) is 6.23. The van der Waals surface area contributed by atoms with Crippen LogP contribution in [0.4, 0.5) is 0 Å². The lowest BCUT2D eigenvalue weighted by atomic mass is 10.1. The van der Waals surface area contributed by atoms with Gasteiger partial charge in [0.1, 0.15) is 6.04 Å². The van der Waals surface area contributed by atoms with Crippen molar-refractivity contribution in [3.05, 3.63) is 82.0 Å². The second-order valence-electron chi connectivity index (χ2n) is 6.19. The van der Waals surface area contributed by atoms with Gasteiger partial charge < -0.3 is 0 Å². The normalized spacial score (nSPS) is 13.0. The second-order valence-corrected chi connectivity index (χ2v) is 7.22. The summed E-state index contributed by atoms with van der Waals surface area (Å²) in [5, 5.41) is 11.7. The van der Waals surface area contributed by atoms with Crippen LogP contribution in [0.1, 0.15) is 28.8 Å². The summed E-state index contributed by atoms with van der Waals surface area (Å²) in [5.41, 5.74) is 5.68. The van der Waals surface area contributed by atoms with Crippen LogP contribution < -0.4 is 0 Å². The number of hydrogen-bond donors (Lipinski definition) is 0. The van der Waals surface area contributed by atoms with E-state index in [0.717, 1.165) is 36.1 Å². The third-order valence-corrected chi connectivity index (χ3v) is 5.51. The molecule has 3 heteroatoms. The molecule has 1 heterocycles. The molecule has 1 aliphatic rings. The Morgan fingerprint density at radius 2 is 1.52 bits per heavy atom. The van der Waals surface area contributed by atoms with Crippen molar-refractivity contribution in [3.8, 4) is 17.2 Å². The number of aryl methyl sites for hydroxylation is 1. The SMILES string of the molecule is N#CC(CCCc1cccs1)N=C1c2ccccc2-c2ccccc21. The monoisotopic (exact) mass is 342 g/mol. The molecule has 0 amide bonds. The van der Waals surface area contributed by atoms with Gasteiger partial charge in [0, 0.05) is 16.0 Å². The van der Waals surface area contributed by atoms with Crippen LogP contribution >= 0.6 is 11.3 Å². The smallest absolute Gasteiger partial charge is 0.137 e. The second kappa shape index (κ2) is 7.04. The summed E-state index contributed by atoms with van der Waals surface area (Å²) in [6.07, 6.45) is 2.80. The number of nitriles is 1. The Morgan fingerprint density at radius 1 is 0.880 bits per heavy atom. The first kappa shape index (κ1) is 15.8. The van der Waals surface area contributed by atoms with Gasteiger partial charge in [0.25, 0.3) is 0 Å². The lowest BCUT2D eigenvalue weighted by Crippen LogP contribution is -2.08. The third kappa shape index (κ3) is 3.14. The lowest BCUT2D eigenvalue weighted by Gasteiger charge is -2.07. The Kier molecular flexibility index (Phi) is 4.45. The third-order valence-electron chi connectivity index (χ3n) is 4.57. The Labute approximate surface area is 152 Å². The summed E-state index contributed by atoms with van der Waals surface area (Å²) in [6.45, 7) is 0. The highest BCUT2D eigenvalue weighted by Crippen LogP contribution is 2.36. The molecular formula is C22H18N2S. The molecule has 0 bridgehead atoms. The molecule has 1 aliphatic carbocycles. The van der Waals surface area contributed by atoms with Gasteiger partial charge in [0.2, 0.25) is 0 Å². The molecule has 0 radical (unpaired) electrons. The van der Waals surface area contributed by atoms with Crippen molar-refractivity contribution < 1.29 is 0 Å². The van der Waals surface area contributed by atoms with Crippen molar-refractivity contribution in [1.82, 2.24) is 0 Å². The van der Waals surface area contributed by atoms with E-state index in [1.54, 1.807) is 11.3 Å². The average molecular weight is 342 g/mol. The first-order chi connectivity index (χ1) is 12.4. The van der Waals surface area contributed by atoms with Gasteiger partial charge in [-0.3, -0.25) is 4.99 Å². The molecule has 0 fully saturated rings. The lowest BCUT2D eigenvalue weighted by molar-refractivity contribution is 0.680. The summed E-state index contributed by atoms with van der Waals surface area (Å²) in [5.74, 6) is 0. The zero-order chi connectivity index (χ0) is 17.1. The van der Waals surface area contributed by atoms with Crippen LogP contribution in [0.15, 0.2) is 71.0 Å². The molecule has 2 nitrogen and oxygen atoms in total. The number of fused-ring (bicyclic) bond motifs is 3. The minimum atomic E-state index is -0.297. The zero-order valence-electron chi connectivity index (χ0n) is 13.9. The van der Waals surface area contributed by atoms with E-state index in [4.69, 9.17) is 4.99 Å². The fourth-order valence-electron chi connectivity index (χ4n) is 3.37. The molecule has 0 N–H and O–H groups in total. The average Bonchev–Trinajstić information content (AvgIpc) is 3.28. The van der Waals surface area contributed by atoms with Gasteiger partial charge in [-0.15, -0.1) is 11.3 Å². The van der Waals surface area contributed by atoms with Crippen molar-refractivity contribution >= 4 is 17.0 Å². The minimum Gasteiger partial charge on any atom is -0.266 e. The van der Waals surface area contributed by atoms with Crippen molar-refractivity contribution in [2.45, 2.75) is 25.3 Å². The molecule has 4 rings (SSSR count). The number of benzene rings is 2. The fraction of sp³-hybridized carbons (Fsp3) is 0.182. The first-order valence-electron chi connectivity index (χ1n) is 8.56. The molecule has 25 heavy (non-hydrogen) atoms. The maximum Gasteiger partial charge on any atom is 0.137 e. The largest absolute Gasteiger partial charge is 0.266 e. The Hall–Kier alpha value is -2.70. The van der Waals surface area contributed by atoms with E-state index in [2.05, 4.69) is 60.0 Å². The molecule has 0 saturated heterocycles. The molecule has 0 saturated carbocycles. The van der Waals surface area contributed by atoms with Crippen LogP contribution in [-0.2, 0) is 6.42 Å². The van der Waals surface area contributed by atoms with Crippen molar-refractivity contribution in [2.24, 2.45) is 4.99 Å². The molecule has 1 atom stereocenters. The molecule has 1 unspecified atom stereocenters. The van der Waals surface area contributed by atoms with Gasteiger partial charge in [-0.25, -0.2) is 0 Å². The number of hydrogen-bond acceptors (Lipinski definition) is 3. The molecule has 3 aromatic rings. The maximum absolute atomic E-state index is 9.59. The number of aliphatic imine (C=N–C) groups is 1. The standard InChI is InChI=1S/C22H18N2S/c23-15-16(7-5-8-17-9-6-14-25-17)24-22-20-12-3-1-10-18(20)19-11-2-4-13-21(19)22/h1-4,6,9-14,16H,5,7-8H2. The van der Waals surface area contributed by atoms with Gasteiger partial charge in [0.15, 0.2) is 0 Å².